The summed E-state index contributed by atoms with van der Waals surface area (Å²) < 4.78 is 15.2. The summed E-state index contributed by atoms with van der Waals surface area (Å²) in [5.41, 5.74) is 0. The Labute approximate surface area is 168 Å². The molecular formula is C23H28N2O2Si. The molecule has 0 fully saturated rings. The maximum atomic E-state index is 6.98. The fourth-order valence-corrected chi connectivity index (χ4v) is 8.78. The van der Waals surface area contributed by atoms with Gasteiger partial charge in [-0.3, -0.25) is 0 Å². The van der Waals surface area contributed by atoms with Crippen LogP contribution in [0.3, 0.4) is 0 Å². The molecule has 4 nitrogen and oxygen atoms in total. The molecule has 0 N–H and O–H groups in total. The second-order valence-corrected chi connectivity index (χ2v) is 12.7. The highest BCUT2D eigenvalue weighted by atomic mass is 28.4. The van der Waals surface area contributed by atoms with Crippen LogP contribution in [0.2, 0.25) is 5.04 Å². The molecule has 3 aromatic rings. The predicted molar refractivity (Wildman–Crippen MR) is 114 cm³/mol. The first-order valence-electron chi connectivity index (χ1n) is 9.87. The van der Waals surface area contributed by atoms with Gasteiger partial charge >= 0.3 is 0 Å². The van der Waals surface area contributed by atoms with Gasteiger partial charge < -0.3 is 13.7 Å². The van der Waals surface area contributed by atoms with Crippen LogP contribution in [0, 0.1) is 0 Å². The minimum absolute atomic E-state index is 0.0233. The van der Waals surface area contributed by atoms with Gasteiger partial charge in [-0.15, -0.1) is 0 Å². The Bertz CT molecular complexity index is 864. The lowest BCUT2D eigenvalue weighted by molar-refractivity contribution is -0.0255. The van der Waals surface area contributed by atoms with Crippen molar-refractivity contribution in [3.05, 3.63) is 78.9 Å². The van der Waals surface area contributed by atoms with E-state index in [1.165, 1.54) is 10.4 Å². The van der Waals surface area contributed by atoms with Crippen LogP contribution >= 0.6 is 0 Å². The summed E-state index contributed by atoms with van der Waals surface area (Å²) in [5.74, 6) is 0.988. The van der Waals surface area contributed by atoms with Gasteiger partial charge in [0.15, 0.2) is 0 Å². The van der Waals surface area contributed by atoms with E-state index >= 15 is 0 Å². The Kier molecular flexibility index (Phi) is 5.23. The summed E-state index contributed by atoms with van der Waals surface area (Å²) in [6.07, 6.45) is 3.89. The highest BCUT2D eigenvalue weighted by Crippen LogP contribution is 2.37. The van der Waals surface area contributed by atoms with E-state index in [1.54, 1.807) is 0 Å². The van der Waals surface area contributed by atoms with E-state index in [-0.39, 0.29) is 11.1 Å². The van der Waals surface area contributed by atoms with Crippen LogP contribution in [-0.4, -0.2) is 30.6 Å². The highest BCUT2D eigenvalue weighted by molar-refractivity contribution is 6.99. The molecule has 1 atom stereocenters. The van der Waals surface area contributed by atoms with Crippen molar-refractivity contribution >= 4 is 18.7 Å². The van der Waals surface area contributed by atoms with Crippen molar-refractivity contribution in [2.24, 2.45) is 0 Å². The van der Waals surface area contributed by atoms with Gasteiger partial charge in [0.05, 0.1) is 19.3 Å². The summed E-state index contributed by atoms with van der Waals surface area (Å²) in [6.45, 7) is 8.80. The van der Waals surface area contributed by atoms with Crippen LogP contribution in [0.5, 0.6) is 0 Å². The van der Waals surface area contributed by atoms with Gasteiger partial charge in [0.1, 0.15) is 12.4 Å². The normalized spacial score (nSPS) is 17.3. The zero-order valence-corrected chi connectivity index (χ0v) is 17.8. The number of fused-ring (bicyclic) bond motifs is 1. The van der Waals surface area contributed by atoms with Crippen molar-refractivity contribution in [1.29, 1.82) is 0 Å². The summed E-state index contributed by atoms with van der Waals surface area (Å²) >= 11 is 0. The molecule has 4 rings (SSSR count). The van der Waals surface area contributed by atoms with Crippen molar-refractivity contribution in [3.8, 4) is 0 Å². The molecule has 28 heavy (non-hydrogen) atoms. The Hall–Kier alpha value is -2.21. The van der Waals surface area contributed by atoms with E-state index in [0.717, 1.165) is 12.4 Å². The summed E-state index contributed by atoms with van der Waals surface area (Å²) in [6, 6.07) is 21.5. The van der Waals surface area contributed by atoms with Gasteiger partial charge in [-0.25, -0.2) is 4.98 Å². The Morgan fingerprint density at radius 2 is 1.64 bits per heavy atom. The number of aromatic nitrogens is 2. The average molecular weight is 393 g/mol. The molecule has 0 amide bonds. The number of hydrogen-bond acceptors (Lipinski definition) is 3. The van der Waals surface area contributed by atoms with Crippen LogP contribution < -0.4 is 10.4 Å². The maximum absolute atomic E-state index is 6.98. The molecule has 0 unspecified atom stereocenters. The SMILES string of the molecule is CC(C)(C)[Si](OC[C@H]1Cn2ccnc2CO1)(c1ccccc1)c1ccccc1. The van der Waals surface area contributed by atoms with Crippen LogP contribution in [0.15, 0.2) is 73.1 Å². The van der Waals surface area contributed by atoms with Crippen molar-refractivity contribution in [3.63, 3.8) is 0 Å². The number of rotatable bonds is 5. The van der Waals surface area contributed by atoms with Gasteiger partial charge in [-0.05, 0) is 15.4 Å². The number of imidazole rings is 1. The van der Waals surface area contributed by atoms with E-state index in [4.69, 9.17) is 9.16 Å². The Morgan fingerprint density at radius 3 is 2.21 bits per heavy atom. The Morgan fingerprint density at radius 1 is 1.04 bits per heavy atom. The van der Waals surface area contributed by atoms with Gasteiger partial charge in [0.2, 0.25) is 0 Å². The number of ether oxygens (including phenoxy) is 1. The largest absolute Gasteiger partial charge is 0.405 e. The highest BCUT2D eigenvalue weighted by Gasteiger charge is 2.50. The zero-order valence-electron chi connectivity index (χ0n) is 16.8. The van der Waals surface area contributed by atoms with Gasteiger partial charge in [-0.2, -0.15) is 0 Å². The zero-order chi connectivity index (χ0) is 19.6. The second-order valence-electron chi connectivity index (χ2n) is 8.40. The van der Waals surface area contributed by atoms with Crippen molar-refractivity contribution in [2.45, 2.75) is 45.1 Å². The molecule has 146 valence electrons. The number of benzene rings is 2. The molecule has 0 radical (unpaired) electrons. The third-order valence-corrected chi connectivity index (χ3v) is 10.6. The molecule has 1 aromatic heterocycles. The molecule has 0 spiro atoms. The summed E-state index contributed by atoms with van der Waals surface area (Å²) in [5, 5.41) is 2.57. The van der Waals surface area contributed by atoms with Gasteiger partial charge in [-0.1, -0.05) is 81.4 Å². The van der Waals surface area contributed by atoms with E-state index < -0.39 is 8.32 Å². The molecule has 2 aromatic carbocycles. The first-order chi connectivity index (χ1) is 13.5. The van der Waals surface area contributed by atoms with E-state index in [2.05, 4.69) is 91.0 Å². The van der Waals surface area contributed by atoms with E-state index in [0.29, 0.717) is 13.2 Å². The minimum Gasteiger partial charge on any atom is -0.405 e. The topological polar surface area (TPSA) is 36.3 Å². The van der Waals surface area contributed by atoms with Crippen molar-refractivity contribution in [1.82, 2.24) is 9.55 Å². The fraction of sp³-hybridized carbons (Fsp3) is 0.348. The molecule has 0 saturated carbocycles. The molecule has 5 heteroatoms. The molecule has 0 saturated heterocycles. The quantitative estimate of drug-likeness (QED) is 0.625. The fourth-order valence-electron chi connectivity index (χ4n) is 4.19. The maximum Gasteiger partial charge on any atom is 0.261 e. The molecular weight excluding hydrogens is 364 g/mol. The number of hydrogen-bond donors (Lipinski definition) is 0. The standard InChI is InChI=1S/C23H28N2O2Si/c1-23(2,3)28(20-10-6-4-7-11-20,21-12-8-5-9-13-21)27-17-19-16-25-15-14-24-22(25)18-26-19/h4-15,19H,16-18H2,1-3H3/t19-/m1/s1. The van der Waals surface area contributed by atoms with Crippen LogP contribution in [0.1, 0.15) is 26.6 Å². The van der Waals surface area contributed by atoms with Crippen LogP contribution in [-0.2, 0) is 22.3 Å². The first kappa shape index (κ1) is 19.1. The van der Waals surface area contributed by atoms with E-state index in [9.17, 15) is 0 Å². The molecule has 1 aliphatic rings. The third-order valence-electron chi connectivity index (χ3n) is 5.55. The van der Waals surface area contributed by atoms with Gasteiger partial charge in [0, 0.05) is 12.4 Å². The lowest BCUT2D eigenvalue weighted by Gasteiger charge is -2.44. The van der Waals surface area contributed by atoms with E-state index in [1.807, 2.05) is 12.4 Å². The monoisotopic (exact) mass is 392 g/mol. The van der Waals surface area contributed by atoms with Crippen LogP contribution in [0.4, 0.5) is 0 Å². The van der Waals surface area contributed by atoms with Crippen molar-refractivity contribution < 1.29 is 9.16 Å². The first-order valence-corrected chi connectivity index (χ1v) is 11.8. The van der Waals surface area contributed by atoms with Gasteiger partial charge in [0.25, 0.3) is 8.32 Å². The number of nitrogens with zero attached hydrogens (tertiary/aromatic N) is 2. The summed E-state index contributed by atoms with van der Waals surface area (Å²) in [7, 11) is -2.51. The smallest absolute Gasteiger partial charge is 0.261 e. The average Bonchev–Trinajstić information content (AvgIpc) is 3.17. The lowest BCUT2D eigenvalue weighted by atomic mass is 10.2. The lowest BCUT2D eigenvalue weighted by Crippen LogP contribution is -2.67. The molecule has 0 bridgehead atoms. The predicted octanol–water partition coefficient (Wildman–Crippen LogP) is 3.36. The molecule has 1 aliphatic heterocycles. The summed E-state index contributed by atoms with van der Waals surface area (Å²) in [4.78, 5) is 4.34. The molecule has 0 aliphatic carbocycles. The molecule has 2 heterocycles. The second kappa shape index (κ2) is 7.66. The third kappa shape index (κ3) is 3.46. The van der Waals surface area contributed by atoms with Crippen LogP contribution in [0.25, 0.3) is 0 Å². The van der Waals surface area contributed by atoms with Crippen molar-refractivity contribution in [2.75, 3.05) is 6.61 Å². The Balaban J connectivity index is 1.69. The minimum atomic E-state index is -2.51.